The molecule has 23 heavy (non-hydrogen) atoms. The van der Waals surface area contributed by atoms with Gasteiger partial charge in [0.05, 0.1) is 18.2 Å². The Hall–Kier alpha value is -1.76. The van der Waals surface area contributed by atoms with E-state index in [1.807, 2.05) is 19.9 Å². The summed E-state index contributed by atoms with van der Waals surface area (Å²) in [7, 11) is 0. The van der Waals surface area contributed by atoms with Crippen molar-refractivity contribution >= 4 is 34.3 Å². The number of aryl methyl sites for hydroxylation is 2. The molecule has 2 aromatic rings. The first-order valence-corrected chi connectivity index (χ1v) is 7.88. The highest BCUT2D eigenvalue weighted by atomic mass is 35.5. The van der Waals surface area contributed by atoms with Crippen molar-refractivity contribution in [3.8, 4) is 0 Å². The highest BCUT2D eigenvalue weighted by Crippen LogP contribution is 2.34. The lowest BCUT2D eigenvalue weighted by Gasteiger charge is -2.21. The molecular formula is C16H21ClN2O4. The van der Waals surface area contributed by atoms with Gasteiger partial charge >= 0.3 is 6.03 Å². The summed E-state index contributed by atoms with van der Waals surface area (Å²) in [6.07, 6.45) is 0.763. The molecule has 2 amide bonds. The van der Waals surface area contributed by atoms with Crippen LogP contribution in [-0.4, -0.2) is 47.4 Å². The molecule has 7 heteroatoms. The number of fused-ring (bicyclic) bond motifs is 1. The molecule has 3 N–H and O–H groups in total. The number of aliphatic hydroxyl groups excluding tert-OH is 2. The summed E-state index contributed by atoms with van der Waals surface area (Å²) in [5, 5.41) is 22.0. The molecule has 0 saturated heterocycles. The van der Waals surface area contributed by atoms with Gasteiger partial charge in [0, 0.05) is 30.6 Å². The minimum absolute atomic E-state index is 0.146. The summed E-state index contributed by atoms with van der Waals surface area (Å²) in [4.78, 5) is 13.5. The number of nitrogens with one attached hydrogen (secondary N) is 1. The lowest BCUT2D eigenvalue weighted by molar-refractivity contribution is 0.167. The van der Waals surface area contributed by atoms with Crippen molar-refractivity contribution in [3.63, 3.8) is 0 Å². The molecule has 2 rings (SSSR count). The average Bonchev–Trinajstić information content (AvgIpc) is 2.84. The van der Waals surface area contributed by atoms with Gasteiger partial charge in [-0.25, -0.2) is 4.79 Å². The van der Waals surface area contributed by atoms with Gasteiger partial charge in [0.1, 0.15) is 5.76 Å². The number of aliphatic hydroxyl groups is 2. The van der Waals surface area contributed by atoms with Crippen molar-refractivity contribution in [2.45, 2.75) is 20.3 Å². The van der Waals surface area contributed by atoms with E-state index in [0.717, 1.165) is 23.1 Å². The fourth-order valence-corrected chi connectivity index (χ4v) is 2.75. The normalized spacial score (nSPS) is 11.0. The van der Waals surface area contributed by atoms with E-state index in [1.165, 1.54) is 4.90 Å². The molecule has 0 radical (unpaired) electrons. The Kier molecular flexibility index (Phi) is 5.87. The van der Waals surface area contributed by atoms with E-state index in [0.29, 0.717) is 16.3 Å². The smallest absolute Gasteiger partial charge is 0.322 e. The van der Waals surface area contributed by atoms with Crippen LogP contribution in [0.5, 0.6) is 0 Å². The topological polar surface area (TPSA) is 85.9 Å². The third kappa shape index (κ3) is 3.77. The van der Waals surface area contributed by atoms with E-state index in [9.17, 15) is 4.79 Å². The lowest BCUT2D eigenvalue weighted by Crippen LogP contribution is -2.38. The van der Waals surface area contributed by atoms with Gasteiger partial charge in [0.2, 0.25) is 0 Å². The highest BCUT2D eigenvalue weighted by Gasteiger charge is 2.16. The largest absolute Gasteiger partial charge is 0.459 e. The van der Waals surface area contributed by atoms with Crippen LogP contribution in [0.4, 0.5) is 10.5 Å². The van der Waals surface area contributed by atoms with E-state index in [4.69, 9.17) is 26.2 Å². The van der Waals surface area contributed by atoms with Crippen molar-refractivity contribution in [1.82, 2.24) is 4.90 Å². The number of halogens is 1. The molecule has 0 bridgehead atoms. The van der Waals surface area contributed by atoms with Crippen LogP contribution in [0.3, 0.4) is 0 Å². The number of hydrogen-bond donors (Lipinski definition) is 3. The van der Waals surface area contributed by atoms with Crippen LogP contribution in [0.1, 0.15) is 18.2 Å². The molecule has 0 atom stereocenters. The van der Waals surface area contributed by atoms with Crippen LogP contribution in [0.25, 0.3) is 11.0 Å². The van der Waals surface area contributed by atoms with E-state index in [2.05, 4.69) is 5.32 Å². The molecule has 0 aliphatic carbocycles. The SMILES string of the molecule is CCc1oc2c(Cl)cc(NC(=O)N(CCO)CCO)cc2c1C. The first kappa shape index (κ1) is 17.6. The Morgan fingerprint density at radius 3 is 2.52 bits per heavy atom. The fourth-order valence-electron chi connectivity index (χ4n) is 2.49. The molecule has 0 fully saturated rings. The standard InChI is InChI=1S/C16H21ClN2O4/c1-3-14-10(2)12-8-11(9-13(17)15(12)23-14)18-16(22)19(4-6-20)5-7-21/h8-9,20-21H,3-7H2,1-2H3,(H,18,22). The second-order valence-corrected chi connectivity index (χ2v) is 5.61. The summed E-state index contributed by atoms with van der Waals surface area (Å²) in [5.74, 6) is 0.868. The first-order valence-electron chi connectivity index (χ1n) is 7.51. The Labute approximate surface area is 139 Å². The lowest BCUT2D eigenvalue weighted by atomic mass is 10.1. The summed E-state index contributed by atoms with van der Waals surface area (Å²) in [6.45, 7) is 3.90. The van der Waals surface area contributed by atoms with Crippen LogP contribution in [0, 0.1) is 6.92 Å². The second-order valence-electron chi connectivity index (χ2n) is 5.20. The van der Waals surface area contributed by atoms with Gasteiger partial charge in [0.25, 0.3) is 0 Å². The maximum atomic E-state index is 12.2. The van der Waals surface area contributed by atoms with Crippen LogP contribution < -0.4 is 5.32 Å². The molecule has 0 spiro atoms. The molecule has 1 heterocycles. The summed E-state index contributed by atoms with van der Waals surface area (Å²) >= 11 is 6.25. The number of rotatable bonds is 6. The number of benzene rings is 1. The van der Waals surface area contributed by atoms with E-state index >= 15 is 0 Å². The quantitative estimate of drug-likeness (QED) is 0.754. The number of amides is 2. The monoisotopic (exact) mass is 340 g/mol. The number of carbonyl (C=O) groups is 1. The van der Waals surface area contributed by atoms with Gasteiger partial charge in [-0.15, -0.1) is 0 Å². The minimum Gasteiger partial charge on any atom is -0.459 e. The van der Waals surface area contributed by atoms with Gasteiger partial charge in [-0.05, 0) is 24.6 Å². The van der Waals surface area contributed by atoms with Crippen molar-refractivity contribution in [1.29, 1.82) is 0 Å². The van der Waals surface area contributed by atoms with Gasteiger partial charge in [-0.2, -0.15) is 0 Å². The van der Waals surface area contributed by atoms with Crippen LogP contribution >= 0.6 is 11.6 Å². The summed E-state index contributed by atoms with van der Waals surface area (Å²) in [5.41, 5.74) is 2.16. The van der Waals surface area contributed by atoms with E-state index < -0.39 is 6.03 Å². The van der Waals surface area contributed by atoms with Crippen LogP contribution in [0.2, 0.25) is 5.02 Å². The van der Waals surface area contributed by atoms with Gasteiger partial charge in [-0.1, -0.05) is 18.5 Å². The number of furan rings is 1. The Bertz CT molecular complexity index is 693. The first-order chi connectivity index (χ1) is 11.0. The maximum Gasteiger partial charge on any atom is 0.322 e. The number of hydrogen-bond acceptors (Lipinski definition) is 4. The minimum atomic E-state index is -0.402. The zero-order chi connectivity index (χ0) is 17.0. The van der Waals surface area contributed by atoms with Crippen molar-refractivity contribution < 1.29 is 19.4 Å². The molecule has 0 unspecified atom stereocenters. The molecule has 1 aromatic heterocycles. The van der Waals surface area contributed by atoms with Crippen molar-refractivity contribution in [3.05, 3.63) is 28.5 Å². The molecular weight excluding hydrogens is 320 g/mol. The molecule has 126 valence electrons. The van der Waals surface area contributed by atoms with Gasteiger partial charge in [-0.3, -0.25) is 0 Å². The Balaban J connectivity index is 2.29. The van der Waals surface area contributed by atoms with Crippen LogP contribution in [0.15, 0.2) is 16.5 Å². The number of carbonyl (C=O) groups excluding carboxylic acids is 1. The molecule has 6 nitrogen and oxygen atoms in total. The van der Waals surface area contributed by atoms with E-state index in [1.54, 1.807) is 6.07 Å². The summed E-state index contributed by atoms with van der Waals surface area (Å²) < 4.78 is 5.74. The predicted octanol–water partition coefficient (Wildman–Crippen LogP) is 2.78. The average molecular weight is 341 g/mol. The number of nitrogens with zero attached hydrogens (tertiary/aromatic N) is 1. The van der Waals surface area contributed by atoms with Crippen molar-refractivity contribution in [2.75, 3.05) is 31.6 Å². The zero-order valence-electron chi connectivity index (χ0n) is 13.2. The summed E-state index contributed by atoms with van der Waals surface area (Å²) in [6, 6.07) is 3.04. The highest BCUT2D eigenvalue weighted by molar-refractivity contribution is 6.35. The molecule has 0 aliphatic rings. The van der Waals surface area contributed by atoms with Crippen molar-refractivity contribution in [2.24, 2.45) is 0 Å². The third-order valence-electron chi connectivity index (χ3n) is 3.69. The molecule has 0 saturated carbocycles. The van der Waals surface area contributed by atoms with E-state index in [-0.39, 0.29) is 26.3 Å². The number of anilines is 1. The third-order valence-corrected chi connectivity index (χ3v) is 3.97. The predicted molar refractivity (Wildman–Crippen MR) is 90.1 cm³/mol. The van der Waals surface area contributed by atoms with Crippen LogP contribution in [-0.2, 0) is 6.42 Å². The number of urea groups is 1. The Morgan fingerprint density at radius 2 is 1.96 bits per heavy atom. The van der Waals surface area contributed by atoms with Gasteiger partial charge in [0.15, 0.2) is 5.58 Å². The Morgan fingerprint density at radius 1 is 1.30 bits per heavy atom. The maximum absolute atomic E-state index is 12.2. The van der Waals surface area contributed by atoms with Gasteiger partial charge < -0.3 is 24.8 Å². The molecule has 0 aliphatic heterocycles. The fraction of sp³-hybridized carbons (Fsp3) is 0.438. The second kappa shape index (κ2) is 7.68. The zero-order valence-corrected chi connectivity index (χ0v) is 14.0. The molecule has 1 aromatic carbocycles.